The van der Waals surface area contributed by atoms with Gasteiger partial charge in [0.25, 0.3) is 0 Å². The predicted octanol–water partition coefficient (Wildman–Crippen LogP) is 0.224. The maximum Gasteiger partial charge on any atom is 0.241 e. The topological polar surface area (TPSA) is 103 Å². The van der Waals surface area contributed by atoms with Crippen molar-refractivity contribution >= 4 is 17.7 Å². The molecule has 1 heterocycles. The number of halogens is 1. The highest BCUT2D eigenvalue weighted by Crippen LogP contribution is 2.24. The average molecular weight is 393 g/mol. The van der Waals surface area contributed by atoms with E-state index in [1.807, 2.05) is 6.07 Å². The van der Waals surface area contributed by atoms with Gasteiger partial charge in [-0.1, -0.05) is 12.1 Å². The van der Waals surface area contributed by atoms with Gasteiger partial charge in [-0.2, -0.15) is 0 Å². The molecule has 2 atom stereocenters. The number of nitrogens with one attached hydrogen (secondary N) is 4. The molecule has 1 aromatic rings. The molecule has 9 heteroatoms. The summed E-state index contributed by atoms with van der Waals surface area (Å²) in [5.74, 6) is -1.13. The van der Waals surface area contributed by atoms with Crippen molar-refractivity contribution in [3.63, 3.8) is 0 Å². The van der Waals surface area contributed by atoms with Crippen LogP contribution >= 0.6 is 0 Å². The van der Waals surface area contributed by atoms with Crippen LogP contribution < -0.4 is 21.5 Å². The Hall–Kier alpha value is -2.52. The number of hydrogen-bond acceptors (Lipinski definition) is 5. The molecule has 1 aromatic carbocycles. The van der Waals surface area contributed by atoms with Gasteiger partial charge in [0, 0.05) is 32.6 Å². The quantitative estimate of drug-likeness (QED) is 0.481. The average Bonchev–Trinajstić information content (AvgIpc) is 3.13. The zero-order valence-electron chi connectivity index (χ0n) is 16.3. The van der Waals surface area contributed by atoms with Crippen LogP contribution in [-0.4, -0.2) is 55.3 Å². The molecule has 1 aliphatic heterocycles. The maximum atomic E-state index is 13.3. The zero-order valence-corrected chi connectivity index (χ0v) is 16.3. The zero-order chi connectivity index (χ0) is 20.5. The van der Waals surface area contributed by atoms with E-state index in [1.165, 1.54) is 19.1 Å². The number of rotatable bonds is 9. The Morgan fingerprint density at radius 1 is 1.21 bits per heavy atom. The molecule has 2 unspecified atom stereocenters. The fourth-order valence-corrected chi connectivity index (χ4v) is 3.03. The molecule has 28 heavy (non-hydrogen) atoms. The molecular weight excluding hydrogens is 365 g/mol. The lowest BCUT2D eigenvalue weighted by molar-refractivity contribution is -0.131. The van der Waals surface area contributed by atoms with E-state index in [9.17, 15) is 18.8 Å². The third-order valence-electron chi connectivity index (χ3n) is 4.64. The first-order valence-corrected chi connectivity index (χ1v) is 9.36. The van der Waals surface area contributed by atoms with Gasteiger partial charge >= 0.3 is 0 Å². The molecule has 0 radical (unpaired) electrons. The Bertz CT molecular complexity index is 700. The number of hydrazine groups is 1. The minimum atomic E-state index is -0.401. The second kappa shape index (κ2) is 10.7. The highest BCUT2D eigenvalue weighted by atomic mass is 19.1. The molecule has 1 aliphatic rings. The molecule has 0 saturated carbocycles. The Morgan fingerprint density at radius 3 is 2.71 bits per heavy atom. The van der Waals surface area contributed by atoms with Gasteiger partial charge in [0.1, 0.15) is 5.82 Å². The summed E-state index contributed by atoms with van der Waals surface area (Å²) < 4.78 is 13.3. The van der Waals surface area contributed by atoms with Crippen molar-refractivity contribution in [1.82, 2.24) is 26.4 Å². The Balaban J connectivity index is 1.62. The van der Waals surface area contributed by atoms with Gasteiger partial charge in [-0.3, -0.25) is 25.2 Å². The second-order valence-electron chi connectivity index (χ2n) is 6.97. The maximum absolute atomic E-state index is 13.3. The van der Waals surface area contributed by atoms with Crippen LogP contribution in [-0.2, 0) is 14.4 Å². The van der Waals surface area contributed by atoms with Crippen LogP contribution in [0.4, 0.5) is 4.39 Å². The predicted molar refractivity (Wildman–Crippen MR) is 102 cm³/mol. The number of nitrogens with zero attached hydrogens (tertiary/aromatic N) is 1. The van der Waals surface area contributed by atoms with Crippen molar-refractivity contribution in [1.29, 1.82) is 0 Å². The third-order valence-corrected chi connectivity index (χ3v) is 4.64. The summed E-state index contributed by atoms with van der Waals surface area (Å²) in [6, 6.07) is 6.88. The molecule has 0 aromatic heterocycles. The van der Waals surface area contributed by atoms with Gasteiger partial charge in [-0.15, -0.1) is 0 Å². The third kappa shape index (κ3) is 7.24. The first-order valence-electron chi connectivity index (χ1n) is 9.36. The Kier molecular flexibility index (Phi) is 8.34. The minimum absolute atomic E-state index is 0.0684. The highest BCUT2D eigenvalue weighted by Gasteiger charge is 2.25. The Morgan fingerprint density at radius 2 is 2.00 bits per heavy atom. The molecule has 3 amide bonds. The molecule has 0 bridgehead atoms. The molecule has 0 aliphatic carbocycles. The van der Waals surface area contributed by atoms with E-state index in [1.54, 1.807) is 18.0 Å². The van der Waals surface area contributed by atoms with Crippen LogP contribution in [0, 0.1) is 5.82 Å². The number of benzene rings is 1. The largest absolute Gasteiger partial charge is 0.347 e. The fraction of sp³-hybridized carbons (Fsp3) is 0.526. The first kappa shape index (κ1) is 21.8. The van der Waals surface area contributed by atoms with Crippen molar-refractivity contribution in [3.05, 3.63) is 35.6 Å². The molecule has 1 saturated heterocycles. The minimum Gasteiger partial charge on any atom is -0.347 e. The normalized spacial score (nSPS) is 18.5. The summed E-state index contributed by atoms with van der Waals surface area (Å²) in [5, 5.41) is 4.85. The SMILES string of the molecule is CC(=O)NCC(=O)NCC(=O)N(C)CCCC1CC(c2cccc(F)c2)NN1. The Labute approximate surface area is 164 Å². The molecule has 2 rings (SSSR count). The first-order chi connectivity index (χ1) is 13.3. The summed E-state index contributed by atoms with van der Waals surface area (Å²) in [7, 11) is 1.69. The van der Waals surface area contributed by atoms with Crippen LogP contribution in [0.25, 0.3) is 0 Å². The lowest BCUT2D eigenvalue weighted by Crippen LogP contribution is -2.42. The van der Waals surface area contributed by atoms with Gasteiger partial charge in [-0.25, -0.2) is 4.39 Å². The van der Waals surface area contributed by atoms with Crippen molar-refractivity contribution in [2.24, 2.45) is 0 Å². The van der Waals surface area contributed by atoms with Gasteiger partial charge in [0.2, 0.25) is 17.7 Å². The molecule has 4 N–H and O–H groups in total. The van der Waals surface area contributed by atoms with Crippen LogP contribution in [0.15, 0.2) is 24.3 Å². The van der Waals surface area contributed by atoms with E-state index in [-0.39, 0.29) is 42.8 Å². The number of carbonyl (C=O) groups is 3. The van der Waals surface area contributed by atoms with Crippen molar-refractivity contribution in [3.8, 4) is 0 Å². The lowest BCUT2D eigenvalue weighted by Gasteiger charge is -2.18. The van der Waals surface area contributed by atoms with Crippen LogP contribution in [0.5, 0.6) is 0 Å². The van der Waals surface area contributed by atoms with Gasteiger partial charge in [0.15, 0.2) is 0 Å². The van der Waals surface area contributed by atoms with E-state index in [2.05, 4.69) is 21.5 Å². The van der Waals surface area contributed by atoms with E-state index >= 15 is 0 Å². The second-order valence-corrected chi connectivity index (χ2v) is 6.97. The molecule has 1 fully saturated rings. The standard InChI is InChI=1S/C19H28FN5O3/c1-13(26)21-11-18(27)22-12-19(28)25(2)8-4-7-16-10-17(24-23-16)14-5-3-6-15(20)9-14/h3,5-6,9,16-17,23-24H,4,7-8,10-12H2,1-2H3,(H,21,26)(H,22,27). The molecule has 154 valence electrons. The smallest absolute Gasteiger partial charge is 0.241 e. The summed E-state index contributed by atoms with van der Waals surface area (Å²) >= 11 is 0. The van der Waals surface area contributed by atoms with Gasteiger partial charge in [-0.05, 0) is 37.0 Å². The summed E-state index contributed by atoms with van der Waals surface area (Å²) in [6.45, 7) is 1.66. The number of likely N-dealkylation sites (N-methyl/N-ethyl adjacent to an activating group) is 1. The van der Waals surface area contributed by atoms with E-state index in [0.29, 0.717) is 6.54 Å². The van der Waals surface area contributed by atoms with E-state index in [0.717, 1.165) is 24.8 Å². The summed E-state index contributed by atoms with van der Waals surface area (Å²) in [5.41, 5.74) is 7.33. The van der Waals surface area contributed by atoms with Crippen LogP contribution in [0.1, 0.15) is 37.8 Å². The summed E-state index contributed by atoms with van der Waals surface area (Å²) in [4.78, 5) is 35.9. The molecule has 8 nitrogen and oxygen atoms in total. The number of amides is 3. The van der Waals surface area contributed by atoms with Crippen molar-refractivity contribution in [2.75, 3.05) is 26.7 Å². The molecular formula is C19H28FN5O3. The monoisotopic (exact) mass is 393 g/mol. The van der Waals surface area contributed by atoms with Crippen molar-refractivity contribution < 1.29 is 18.8 Å². The van der Waals surface area contributed by atoms with Gasteiger partial charge in [0.05, 0.1) is 13.1 Å². The number of carbonyl (C=O) groups excluding carboxylic acids is 3. The molecule has 0 spiro atoms. The van der Waals surface area contributed by atoms with Gasteiger partial charge < -0.3 is 15.5 Å². The van der Waals surface area contributed by atoms with Crippen molar-refractivity contribution in [2.45, 2.75) is 38.3 Å². The fourth-order valence-electron chi connectivity index (χ4n) is 3.03. The highest BCUT2D eigenvalue weighted by molar-refractivity contribution is 5.87. The lowest BCUT2D eigenvalue weighted by atomic mass is 9.99. The number of hydrogen-bond donors (Lipinski definition) is 4. The van der Waals surface area contributed by atoms with Crippen LogP contribution in [0.3, 0.4) is 0 Å². The van der Waals surface area contributed by atoms with Crippen LogP contribution in [0.2, 0.25) is 0 Å². The van der Waals surface area contributed by atoms with E-state index in [4.69, 9.17) is 0 Å². The summed E-state index contributed by atoms with van der Waals surface area (Å²) in [6.07, 6.45) is 2.52. The van der Waals surface area contributed by atoms with E-state index < -0.39 is 5.91 Å².